The summed E-state index contributed by atoms with van der Waals surface area (Å²) < 4.78 is 13.7. The van der Waals surface area contributed by atoms with E-state index in [1.54, 1.807) is 0 Å². The Labute approximate surface area is 85.3 Å². The Bertz CT molecular complexity index is 268. The lowest BCUT2D eigenvalue weighted by atomic mass is 10.0. The van der Waals surface area contributed by atoms with Gasteiger partial charge in [0.05, 0.1) is 0 Å². The molecule has 0 aliphatic carbocycles. The van der Waals surface area contributed by atoms with Crippen molar-refractivity contribution in [2.45, 2.75) is 32.5 Å². The maximum absolute atomic E-state index is 13.7. The van der Waals surface area contributed by atoms with Crippen molar-refractivity contribution in [2.24, 2.45) is 0 Å². The first-order valence-corrected chi connectivity index (χ1v) is 5.01. The first kappa shape index (κ1) is 11.2. The molecule has 0 spiro atoms. The van der Waals surface area contributed by atoms with Crippen molar-refractivity contribution < 1.29 is 4.39 Å². The number of aryl methyl sites for hydroxylation is 1. The topological polar surface area (TPSA) is 12.0 Å². The van der Waals surface area contributed by atoms with Crippen LogP contribution in [0.15, 0.2) is 24.3 Å². The van der Waals surface area contributed by atoms with Gasteiger partial charge in [0.1, 0.15) is 6.17 Å². The Morgan fingerprint density at radius 2 is 1.86 bits per heavy atom. The van der Waals surface area contributed by atoms with Crippen molar-refractivity contribution in [2.75, 3.05) is 7.05 Å². The van der Waals surface area contributed by atoms with Crippen molar-refractivity contribution >= 4 is 0 Å². The first-order valence-electron chi connectivity index (χ1n) is 5.01. The maximum atomic E-state index is 13.7. The highest BCUT2D eigenvalue weighted by Crippen LogP contribution is 2.22. The summed E-state index contributed by atoms with van der Waals surface area (Å²) in [6.07, 6.45) is -0.336. The second-order valence-corrected chi connectivity index (χ2v) is 3.80. The second-order valence-electron chi connectivity index (χ2n) is 3.80. The van der Waals surface area contributed by atoms with Gasteiger partial charge < -0.3 is 5.32 Å². The van der Waals surface area contributed by atoms with Crippen LogP contribution in [-0.2, 0) is 0 Å². The van der Waals surface area contributed by atoms with Gasteiger partial charge in [-0.3, -0.25) is 0 Å². The third kappa shape index (κ3) is 3.11. The van der Waals surface area contributed by atoms with E-state index in [9.17, 15) is 4.39 Å². The number of hydrogen-bond acceptors (Lipinski definition) is 1. The molecule has 1 rings (SSSR count). The number of rotatable bonds is 4. The number of nitrogens with one attached hydrogen (secondary N) is 1. The van der Waals surface area contributed by atoms with Gasteiger partial charge in [0.25, 0.3) is 0 Å². The van der Waals surface area contributed by atoms with Crippen LogP contribution in [0, 0.1) is 6.92 Å². The molecule has 0 fully saturated rings. The largest absolute Gasteiger partial charge is 0.317 e. The second kappa shape index (κ2) is 5.11. The summed E-state index contributed by atoms with van der Waals surface area (Å²) in [4.78, 5) is 0. The molecule has 0 heterocycles. The average molecular weight is 195 g/mol. The highest BCUT2D eigenvalue weighted by molar-refractivity contribution is 5.23. The lowest BCUT2D eigenvalue weighted by molar-refractivity contribution is 0.295. The fourth-order valence-electron chi connectivity index (χ4n) is 1.34. The monoisotopic (exact) mass is 195 g/mol. The lowest BCUT2D eigenvalue weighted by Crippen LogP contribution is -2.22. The van der Waals surface area contributed by atoms with Gasteiger partial charge in [-0.1, -0.05) is 29.8 Å². The Morgan fingerprint density at radius 1 is 1.29 bits per heavy atom. The molecule has 1 aromatic rings. The summed E-state index contributed by atoms with van der Waals surface area (Å²) in [5, 5.41) is 3.04. The Morgan fingerprint density at radius 3 is 2.36 bits per heavy atom. The van der Waals surface area contributed by atoms with Crippen molar-refractivity contribution in [3.8, 4) is 0 Å². The predicted molar refractivity (Wildman–Crippen MR) is 58.2 cm³/mol. The normalized spacial score (nSPS) is 15.1. The number of hydrogen-bond donors (Lipinski definition) is 1. The van der Waals surface area contributed by atoms with E-state index in [1.165, 1.54) is 5.56 Å². The molecule has 0 amide bonds. The molecule has 0 radical (unpaired) electrons. The van der Waals surface area contributed by atoms with Gasteiger partial charge in [0.15, 0.2) is 0 Å². The van der Waals surface area contributed by atoms with Crippen molar-refractivity contribution in [1.82, 2.24) is 5.32 Å². The molecule has 0 aliphatic heterocycles. The predicted octanol–water partition coefficient (Wildman–Crippen LogP) is 3.00. The highest BCUT2D eigenvalue weighted by atomic mass is 19.1. The highest BCUT2D eigenvalue weighted by Gasteiger charge is 2.12. The Kier molecular flexibility index (Phi) is 4.08. The third-order valence-electron chi connectivity index (χ3n) is 2.49. The van der Waals surface area contributed by atoms with E-state index < -0.39 is 6.17 Å². The van der Waals surface area contributed by atoms with E-state index in [1.807, 2.05) is 45.2 Å². The van der Waals surface area contributed by atoms with E-state index >= 15 is 0 Å². The smallest absolute Gasteiger partial charge is 0.127 e. The minimum Gasteiger partial charge on any atom is -0.317 e. The van der Waals surface area contributed by atoms with Crippen molar-refractivity contribution in [3.63, 3.8) is 0 Å². The van der Waals surface area contributed by atoms with Crippen LogP contribution in [-0.4, -0.2) is 13.1 Å². The summed E-state index contributed by atoms with van der Waals surface area (Å²) >= 11 is 0. The number of benzene rings is 1. The summed E-state index contributed by atoms with van der Waals surface area (Å²) in [7, 11) is 1.85. The average Bonchev–Trinajstić information content (AvgIpc) is 2.18. The van der Waals surface area contributed by atoms with Crippen LogP contribution in [0.25, 0.3) is 0 Å². The first-order chi connectivity index (χ1) is 6.63. The van der Waals surface area contributed by atoms with Crippen LogP contribution in [0.1, 0.15) is 30.6 Å². The molecule has 2 atom stereocenters. The van der Waals surface area contributed by atoms with Crippen LogP contribution in [0.5, 0.6) is 0 Å². The molecular weight excluding hydrogens is 177 g/mol. The fourth-order valence-corrected chi connectivity index (χ4v) is 1.34. The minimum atomic E-state index is -0.863. The van der Waals surface area contributed by atoms with Crippen LogP contribution in [0.2, 0.25) is 0 Å². The molecule has 1 N–H and O–H groups in total. The van der Waals surface area contributed by atoms with Gasteiger partial charge in [-0.25, -0.2) is 4.39 Å². The van der Waals surface area contributed by atoms with Gasteiger partial charge in [0.2, 0.25) is 0 Å². The van der Waals surface area contributed by atoms with Crippen LogP contribution < -0.4 is 5.32 Å². The summed E-state index contributed by atoms with van der Waals surface area (Å²) in [5.74, 6) is 0. The molecule has 0 aromatic heterocycles. The molecule has 0 saturated heterocycles. The molecule has 1 aromatic carbocycles. The zero-order valence-electron chi connectivity index (χ0n) is 9.05. The molecule has 0 aliphatic rings. The Balaban J connectivity index is 2.60. The SMILES string of the molecule is CNC(C)CC(F)c1ccc(C)cc1. The van der Waals surface area contributed by atoms with Gasteiger partial charge in [-0.2, -0.15) is 0 Å². The van der Waals surface area contributed by atoms with Crippen LogP contribution >= 0.6 is 0 Å². The molecule has 2 unspecified atom stereocenters. The van der Waals surface area contributed by atoms with Gasteiger partial charge in [0, 0.05) is 6.04 Å². The van der Waals surface area contributed by atoms with Gasteiger partial charge >= 0.3 is 0 Å². The molecule has 1 nitrogen and oxygen atoms in total. The maximum Gasteiger partial charge on any atom is 0.127 e. The number of alkyl halides is 1. The molecule has 0 saturated carbocycles. The zero-order chi connectivity index (χ0) is 10.6. The molecule has 0 bridgehead atoms. The summed E-state index contributed by atoms with van der Waals surface area (Å²) in [6, 6.07) is 7.84. The zero-order valence-corrected chi connectivity index (χ0v) is 9.05. The minimum absolute atomic E-state index is 0.214. The lowest BCUT2D eigenvalue weighted by Gasteiger charge is -2.14. The van der Waals surface area contributed by atoms with E-state index in [-0.39, 0.29) is 6.04 Å². The third-order valence-corrected chi connectivity index (χ3v) is 2.49. The Hall–Kier alpha value is -0.890. The van der Waals surface area contributed by atoms with Gasteiger partial charge in [-0.15, -0.1) is 0 Å². The van der Waals surface area contributed by atoms with Crippen molar-refractivity contribution in [1.29, 1.82) is 0 Å². The van der Waals surface area contributed by atoms with E-state index in [0.717, 1.165) is 5.56 Å². The fraction of sp³-hybridized carbons (Fsp3) is 0.500. The number of halogens is 1. The van der Waals surface area contributed by atoms with Crippen molar-refractivity contribution in [3.05, 3.63) is 35.4 Å². The van der Waals surface area contributed by atoms with E-state index in [0.29, 0.717) is 6.42 Å². The van der Waals surface area contributed by atoms with Gasteiger partial charge in [-0.05, 0) is 32.9 Å². The van der Waals surface area contributed by atoms with Crippen LogP contribution in [0.4, 0.5) is 4.39 Å². The molecule has 2 heteroatoms. The molecule has 14 heavy (non-hydrogen) atoms. The van der Waals surface area contributed by atoms with E-state index in [2.05, 4.69) is 5.32 Å². The molecule has 78 valence electrons. The standard InChI is InChI=1S/C12H18FN/c1-9-4-6-11(7-5-9)12(13)8-10(2)14-3/h4-7,10,12,14H,8H2,1-3H3. The quantitative estimate of drug-likeness (QED) is 0.778. The summed E-state index contributed by atoms with van der Waals surface area (Å²) in [5.41, 5.74) is 1.94. The summed E-state index contributed by atoms with van der Waals surface area (Å²) in [6.45, 7) is 3.99. The van der Waals surface area contributed by atoms with Crippen LogP contribution in [0.3, 0.4) is 0 Å². The van der Waals surface area contributed by atoms with E-state index in [4.69, 9.17) is 0 Å². The molecular formula is C12H18FN.